The summed E-state index contributed by atoms with van der Waals surface area (Å²) in [7, 11) is 0.628. The Kier molecular flexibility index (Phi) is 99.0. The van der Waals surface area contributed by atoms with Crippen molar-refractivity contribution >= 4 is 52.9 Å². The van der Waals surface area contributed by atoms with Crippen molar-refractivity contribution in [1.29, 1.82) is 0 Å². The van der Waals surface area contributed by atoms with Gasteiger partial charge in [0.15, 0.2) is 0 Å². The van der Waals surface area contributed by atoms with E-state index in [0.717, 1.165) is 0 Å². The van der Waals surface area contributed by atoms with Crippen molar-refractivity contribution in [2.75, 3.05) is 0 Å². The minimum Gasteiger partial charge on any atom is 0 e. The fourth-order valence-electron chi connectivity index (χ4n) is 0. The molecule has 0 spiro atoms. The molecule has 58 valence electrons. The smallest absolute Gasteiger partial charge is 0 e. The Balaban J connectivity index is -0.0000000257. The minimum atomic E-state index is 0. The van der Waals surface area contributed by atoms with E-state index < -0.39 is 0 Å². The predicted molar refractivity (Wildman–Crippen MR) is 44.7 cm³/mol. The van der Waals surface area contributed by atoms with Crippen LogP contribution < -0.4 is 0 Å². The summed E-state index contributed by atoms with van der Waals surface area (Å²) in [6, 6.07) is 0. The zero-order valence-electron chi connectivity index (χ0n) is 4.49. The fraction of sp³-hybridized carbons (Fsp3) is 0. The van der Waals surface area contributed by atoms with Crippen LogP contribution >= 0.6 is 40.0 Å². The third kappa shape index (κ3) is 191. The van der Waals surface area contributed by atoms with Gasteiger partial charge in [-0.25, -0.2) is 0 Å². The molecular formula is C2H2I2O4VY-2. The summed E-state index contributed by atoms with van der Waals surface area (Å²) in [6.07, 6.45) is 0. The van der Waals surface area contributed by atoms with Gasteiger partial charge in [0.05, 0.1) is 0 Å². The third-order valence-electron chi connectivity index (χ3n) is 0. The van der Waals surface area contributed by atoms with Crippen LogP contribution in [0.4, 0.5) is 0 Å². The molecule has 0 unspecified atom stereocenters. The molecule has 0 aromatic rings. The topological polar surface area (TPSA) is 74.6 Å². The summed E-state index contributed by atoms with van der Waals surface area (Å²) >= 11 is 4.74. The molecule has 0 atom stereocenters. The van der Waals surface area contributed by atoms with Gasteiger partial charge in [-0.05, 0) is 0 Å². The molecule has 0 aliphatic carbocycles. The minimum absolute atomic E-state index is 0. The molecule has 4 nitrogen and oxygen atoms in total. The van der Waals surface area contributed by atoms with Crippen molar-refractivity contribution in [1.82, 2.24) is 0 Å². The van der Waals surface area contributed by atoms with Crippen LogP contribution in [0, 0.1) is 0 Å². The van der Waals surface area contributed by atoms with E-state index in [0.29, 0.717) is 22.4 Å². The molecule has 0 aromatic carbocycles. The molecule has 8 heteroatoms. The number of hydrogen-bond acceptors (Lipinski definition) is 2. The standard InChI is InChI=1S/2CHO2.2HI.V.Y/c2*2-1-3;;;;/h2*(H,2,3);2*1H;;/q2*-1;;;+2;/p-2. The average Bonchev–Trinajstić information content (AvgIpc) is 1.70. The zero-order valence-corrected chi connectivity index (χ0v) is 13.0. The molecule has 10 heavy (non-hydrogen) atoms. The number of hydrogen-bond donors (Lipinski definition) is 2. The molecule has 0 saturated carbocycles. The van der Waals surface area contributed by atoms with Crippen LogP contribution in [0.2, 0.25) is 0 Å². The maximum absolute atomic E-state index is 8.24. The summed E-state index contributed by atoms with van der Waals surface area (Å²) in [5.41, 5.74) is 0. The summed E-state index contributed by atoms with van der Waals surface area (Å²) in [6.45, 7) is 1.00. The normalized spacial score (nSPS) is 3.80. The van der Waals surface area contributed by atoms with Gasteiger partial charge in [-0.2, -0.15) is 0 Å². The Morgan fingerprint density at radius 1 is 1.10 bits per heavy atom. The number of aliphatic hydroxyl groups excluding tert-OH is 2. The van der Waals surface area contributed by atoms with Crippen LogP contribution in [0.1, 0.15) is 0 Å². The van der Waals surface area contributed by atoms with Crippen LogP contribution in [0.25, 0.3) is 0 Å². The van der Waals surface area contributed by atoms with E-state index in [1.54, 1.807) is 0 Å². The molecule has 2 N–H and O–H groups in total. The first-order valence-corrected chi connectivity index (χ1v) is 10.2. The first kappa shape index (κ1) is 22.7. The van der Waals surface area contributed by atoms with Gasteiger partial charge in [-0.3, -0.25) is 0 Å². The van der Waals surface area contributed by atoms with Crippen LogP contribution in [-0.4, -0.2) is 23.2 Å². The van der Waals surface area contributed by atoms with Gasteiger partial charge in [0.1, 0.15) is 0 Å². The monoisotopic (exact) mass is 484 g/mol. The molecule has 0 rings (SSSR count). The summed E-state index contributed by atoms with van der Waals surface area (Å²) in [5.74, 6) is 0. The molecule has 0 saturated heterocycles. The van der Waals surface area contributed by atoms with Crippen molar-refractivity contribution < 1.29 is 62.0 Å². The maximum atomic E-state index is 8.24. The van der Waals surface area contributed by atoms with E-state index in [9.17, 15) is 0 Å². The second-order valence-electron chi connectivity index (χ2n) is 0.246. The molecule has 0 bridgehead atoms. The average molecular weight is 484 g/mol. The molecule has 0 aromatic heterocycles. The summed E-state index contributed by atoms with van der Waals surface area (Å²) in [5, 5.41) is 13.5. The van der Waals surface area contributed by atoms with Crippen LogP contribution in [0.5, 0.6) is 0 Å². The Morgan fingerprint density at radius 3 is 1.10 bits per heavy atom. The predicted octanol–water partition coefficient (Wildman–Crippen LogP) is 0.990. The van der Waals surface area contributed by atoms with E-state index in [2.05, 4.69) is 40.0 Å². The van der Waals surface area contributed by atoms with E-state index in [1.807, 2.05) is 0 Å². The van der Waals surface area contributed by atoms with E-state index in [-0.39, 0.29) is 32.7 Å². The molecule has 0 aliphatic heterocycles. The molecule has 0 heterocycles. The van der Waals surface area contributed by atoms with Crippen molar-refractivity contribution in [3.8, 4) is 0 Å². The number of rotatable bonds is 0. The Bertz CT molecular complexity index is 50.5. The van der Waals surface area contributed by atoms with Gasteiger partial charge >= 0.3 is 49.4 Å². The van der Waals surface area contributed by atoms with Crippen LogP contribution in [-0.2, 0) is 51.8 Å². The van der Waals surface area contributed by atoms with E-state index in [4.69, 9.17) is 19.8 Å². The Labute approximate surface area is 113 Å². The zero-order chi connectivity index (χ0) is 8.12. The second-order valence-corrected chi connectivity index (χ2v) is 12.0. The molecule has 0 fully saturated rings. The third-order valence-corrected chi connectivity index (χ3v) is 0. The van der Waals surface area contributed by atoms with Crippen LogP contribution in [0.15, 0.2) is 0 Å². The summed E-state index contributed by atoms with van der Waals surface area (Å²) in [4.78, 5) is 16.5. The fourth-order valence-corrected chi connectivity index (χ4v) is 0. The van der Waals surface area contributed by atoms with Gasteiger partial charge in [-0.1, -0.05) is 12.9 Å². The van der Waals surface area contributed by atoms with Gasteiger partial charge in [0.2, 0.25) is 0 Å². The van der Waals surface area contributed by atoms with Gasteiger partial charge in [0, 0.05) is 32.7 Å². The molecule has 0 amide bonds. The van der Waals surface area contributed by atoms with Crippen molar-refractivity contribution in [3.05, 3.63) is 0 Å². The van der Waals surface area contributed by atoms with Crippen LogP contribution in [0.3, 0.4) is 0 Å². The van der Waals surface area contributed by atoms with Crippen molar-refractivity contribution in [2.45, 2.75) is 0 Å². The first-order chi connectivity index (χ1) is 4.24. The van der Waals surface area contributed by atoms with Gasteiger partial charge in [-0.15, -0.1) is 0 Å². The van der Waals surface area contributed by atoms with E-state index >= 15 is 0 Å². The second kappa shape index (κ2) is 43.6. The van der Waals surface area contributed by atoms with Gasteiger partial charge < -0.3 is 19.8 Å². The molecular weight excluding hydrogens is 482 g/mol. The Morgan fingerprint density at radius 2 is 1.10 bits per heavy atom. The van der Waals surface area contributed by atoms with Gasteiger partial charge in [0.25, 0.3) is 0 Å². The summed E-state index contributed by atoms with van der Waals surface area (Å²) < 4.78 is 0. The Hall–Kier alpha value is 2.09. The van der Waals surface area contributed by atoms with E-state index in [1.165, 1.54) is 0 Å². The first-order valence-electron chi connectivity index (χ1n) is 1.19. The largest absolute Gasteiger partial charge is 0 e. The quantitative estimate of drug-likeness (QED) is 0.398. The SMILES string of the molecule is O=[C-]O.O=[C-]O.[I][V][I].[Y]. The molecule has 1 radical (unpaired) electrons. The maximum Gasteiger partial charge on any atom is 0 e. The number of halogens is 2. The van der Waals surface area contributed by atoms with Crippen molar-refractivity contribution in [3.63, 3.8) is 0 Å². The van der Waals surface area contributed by atoms with Crippen molar-refractivity contribution in [2.24, 2.45) is 0 Å². The molecule has 0 aliphatic rings.